The van der Waals surface area contributed by atoms with Crippen molar-refractivity contribution in [1.29, 1.82) is 0 Å². The molecule has 2 aliphatic rings. The van der Waals surface area contributed by atoms with Gasteiger partial charge in [-0.1, -0.05) is 0 Å². The van der Waals surface area contributed by atoms with Gasteiger partial charge in [0.05, 0.1) is 13.2 Å². The molecule has 2 saturated heterocycles. The zero-order valence-corrected chi connectivity index (χ0v) is 8.31. The van der Waals surface area contributed by atoms with Crippen LogP contribution in [0.25, 0.3) is 0 Å². The summed E-state index contributed by atoms with van der Waals surface area (Å²) in [5.74, 6) is 2.72. The summed E-state index contributed by atoms with van der Waals surface area (Å²) in [6.45, 7) is 4.21. The normalized spacial score (nSPS) is 33.5. The van der Waals surface area contributed by atoms with Gasteiger partial charge < -0.3 is 4.74 Å². The highest BCUT2D eigenvalue weighted by molar-refractivity contribution is 7.99. The second-order valence-corrected chi connectivity index (χ2v) is 4.67. The first-order valence-corrected chi connectivity index (χ1v) is 6.02. The first kappa shape index (κ1) is 8.85. The van der Waals surface area contributed by atoms with Gasteiger partial charge in [-0.25, -0.2) is 0 Å². The third-order valence-corrected chi connectivity index (χ3v) is 3.90. The van der Waals surface area contributed by atoms with E-state index in [1.165, 1.54) is 24.3 Å². The predicted octanol–water partition coefficient (Wildman–Crippen LogP) is 1.21. The summed E-state index contributed by atoms with van der Waals surface area (Å²) < 4.78 is 5.34. The van der Waals surface area contributed by atoms with Gasteiger partial charge in [-0.15, -0.1) is 0 Å². The van der Waals surface area contributed by atoms with Crippen LogP contribution < -0.4 is 0 Å². The molecule has 0 spiro atoms. The van der Waals surface area contributed by atoms with E-state index in [0.29, 0.717) is 0 Å². The van der Waals surface area contributed by atoms with E-state index in [1.54, 1.807) is 0 Å². The quantitative estimate of drug-likeness (QED) is 0.612. The van der Waals surface area contributed by atoms with Gasteiger partial charge in [0.2, 0.25) is 0 Å². The third kappa shape index (κ3) is 2.15. The standard InChI is InChI=1S/C9H17NOS/c1-2-9(8-12-7-1)10-3-5-11-6-4-10/h9H,1-8H2. The Bertz CT molecular complexity index is 114. The monoisotopic (exact) mass is 187 g/mol. The summed E-state index contributed by atoms with van der Waals surface area (Å²) in [5, 5.41) is 0. The highest BCUT2D eigenvalue weighted by Crippen LogP contribution is 2.21. The highest BCUT2D eigenvalue weighted by atomic mass is 32.2. The van der Waals surface area contributed by atoms with Gasteiger partial charge in [-0.2, -0.15) is 11.8 Å². The number of ether oxygens (including phenoxy) is 1. The summed E-state index contributed by atoms with van der Waals surface area (Å²) in [6, 6.07) is 0.854. The molecule has 1 atom stereocenters. The molecule has 0 aliphatic carbocycles. The molecule has 0 amide bonds. The molecule has 12 heavy (non-hydrogen) atoms. The lowest BCUT2D eigenvalue weighted by atomic mass is 10.1. The van der Waals surface area contributed by atoms with Gasteiger partial charge in [0.1, 0.15) is 0 Å². The SMILES string of the molecule is C1CSCC(N2CCOCC2)C1. The average Bonchev–Trinajstić information content (AvgIpc) is 2.21. The van der Waals surface area contributed by atoms with Crippen molar-refractivity contribution in [2.24, 2.45) is 0 Å². The number of hydrogen-bond acceptors (Lipinski definition) is 3. The molecule has 0 aromatic rings. The number of rotatable bonds is 1. The summed E-state index contributed by atoms with van der Waals surface area (Å²) in [7, 11) is 0. The second-order valence-electron chi connectivity index (χ2n) is 3.52. The first-order chi connectivity index (χ1) is 5.97. The molecule has 0 aromatic carbocycles. The lowest BCUT2D eigenvalue weighted by molar-refractivity contribution is 0.0190. The lowest BCUT2D eigenvalue weighted by Gasteiger charge is -2.36. The third-order valence-electron chi connectivity index (χ3n) is 2.70. The maximum atomic E-state index is 5.34. The molecule has 70 valence electrons. The van der Waals surface area contributed by atoms with Crippen molar-refractivity contribution in [3.8, 4) is 0 Å². The Morgan fingerprint density at radius 3 is 2.75 bits per heavy atom. The van der Waals surface area contributed by atoms with Crippen molar-refractivity contribution >= 4 is 11.8 Å². The van der Waals surface area contributed by atoms with E-state index in [4.69, 9.17) is 4.74 Å². The number of hydrogen-bond donors (Lipinski definition) is 0. The number of thioether (sulfide) groups is 1. The fourth-order valence-corrected chi connectivity index (χ4v) is 3.14. The van der Waals surface area contributed by atoms with Gasteiger partial charge in [0.15, 0.2) is 0 Å². The summed E-state index contributed by atoms with van der Waals surface area (Å²) in [5.41, 5.74) is 0. The average molecular weight is 187 g/mol. The predicted molar refractivity (Wildman–Crippen MR) is 52.7 cm³/mol. The van der Waals surface area contributed by atoms with Crippen LogP contribution in [-0.4, -0.2) is 48.8 Å². The minimum atomic E-state index is 0.854. The zero-order chi connectivity index (χ0) is 8.23. The van der Waals surface area contributed by atoms with Crippen LogP contribution >= 0.6 is 11.8 Å². The van der Waals surface area contributed by atoms with Crippen molar-refractivity contribution in [3.63, 3.8) is 0 Å². The van der Waals surface area contributed by atoms with Crippen LogP contribution in [0.3, 0.4) is 0 Å². The van der Waals surface area contributed by atoms with Gasteiger partial charge in [0, 0.05) is 24.9 Å². The van der Waals surface area contributed by atoms with Crippen molar-refractivity contribution in [3.05, 3.63) is 0 Å². The van der Waals surface area contributed by atoms with Gasteiger partial charge in [0.25, 0.3) is 0 Å². The maximum Gasteiger partial charge on any atom is 0.0594 e. The smallest absolute Gasteiger partial charge is 0.0594 e. The van der Waals surface area contributed by atoms with Crippen LogP contribution in [0.4, 0.5) is 0 Å². The molecular weight excluding hydrogens is 170 g/mol. The molecule has 0 saturated carbocycles. The molecule has 2 heterocycles. The summed E-state index contributed by atoms with van der Waals surface area (Å²) in [4.78, 5) is 2.61. The van der Waals surface area contributed by atoms with Crippen molar-refractivity contribution < 1.29 is 4.74 Å². The molecule has 2 fully saturated rings. The number of nitrogens with zero attached hydrogens (tertiary/aromatic N) is 1. The van der Waals surface area contributed by atoms with E-state index in [1.807, 2.05) is 0 Å². The molecule has 2 aliphatic heterocycles. The van der Waals surface area contributed by atoms with E-state index in [-0.39, 0.29) is 0 Å². The summed E-state index contributed by atoms with van der Waals surface area (Å²) >= 11 is 2.11. The first-order valence-electron chi connectivity index (χ1n) is 4.86. The molecule has 2 rings (SSSR count). The van der Waals surface area contributed by atoms with Crippen molar-refractivity contribution in [1.82, 2.24) is 4.90 Å². The Hall–Kier alpha value is 0.270. The molecule has 0 bridgehead atoms. The van der Waals surface area contributed by atoms with Crippen molar-refractivity contribution in [2.75, 3.05) is 37.8 Å². The van der Waals surface area contributed by atoms with Crippen LogP contribution in [0.15, 0.2) is 0 Å². The second kappa shape index (κ2) is 4.49. The molecule has 1 unspecified atom stereocenters. The van der Waals surface area contributed by atoms with Crippen molar-refractivity contribution in [2.45, 2.75) is 18.9 Å². The Balaban J connectivity index is 1.80. The van der Waals surface area contributed by atoms with Crippen LogP contribution in [0.5, 0.6) is 0 Å². The molecular formula is C9H17NOS. The van der Waals surface area contributed by atoms with Gasteiger partial charge >= 0.3 is 0 Å². The molecule has 0 radical (unpaired) electrons. The van der Waals surface area contributed by atoms with E-state index >= 15 is 0 Å². The van der Waals surface area contributed by atoms with E-state index in [2.05, 4.69) is 16.7 Å². The Labute approximate surface area is 78.6 Å². The van der Waals surface area contributed by atoms with Gasteiger partial charge in [-0.3, -0.25) is 4.90 Å². The lowest BCUT2D eigenvalue weighted by Crippen LogP contribution is -2.45. The van der Waals surface area contributed by atoms with Crippen LogP contribution in [0, 0.1) is 0 Å². The van der Waals surface area contributed by atoms with Crippen LogP contribution in [0.1, 0.15) is 12.8 Å². The Kier molecular flexibility index (Phi) is 3.31. The Morgan fingerprint density at radius 1 is 1.25 bits per heavy atom. The molecule has 3 heteroatoms. The number of morpholine rings is 1. The van der Waals surface area contributed by atoms with E-state index in [0.717, 1.165) is 32.3 Å². The highest BCUT2D eigenvalue weighted by Gasteiger charge is 2.22. The van der Waals surface area contributed by atoms with E-state index in [9.17, 15) is 0 Å². The maximum absolute atomic E-state index is 5.34. The van der Waals surface area contributed by atoms with Crippen LogP contribution in [0.2, 0.25) is 0 Å². The largest absolute Gasteiger partial charge is 0.379 e. The van der Waals surface area contributed by atoms with E-state index < -0.39 is 0 Å². The minimum absolute atomic E-state index is 0.854. The molecule has 0 N–H and O–H groups in total. The fraction of sp³-hybridized carbons (Fsp3) is 1.00. The molecule has 0 aromatic heterocycles. The topological polar surface area (TPSA) is 12.5 Å². The van der Waals surface area contributed by atoms with Gasteiger partial charge in [-0.05, 0) is 18.6 Å². The van der Waals surface area contributed by atoms with Crippen LogP contribution in [-0.2, 0) is 4.74 Å². The Morgan fingerprint density at radius 2 is 2.08 bits per heavy atom. The molecule has 2 nitrogen and oxygen atoms in total. The minimum Gasteiger partial charge on any atom is -0.379 e. The summed E-state index contributed by atoms with van der Waals surface area (Å²) in [6.07, 6.45) is 2.82. The zero-order valence-electron chi connectivity index (χ0n) is 7.50. The fourth-order valence-electron chi connectivity index (χ4n) is 1.95.